The van der Waals surface area contributed by atoms with Gasteiger partial charge in [-0.1, -0.05) is 18.2 Å². The van der Waals surface area contributed by atoms with Gasteiger partial charge in [0.05, 0.1) is 6.54 Å². The molecule has 0 unspecified atom stereocenters. The Morgan fingerprint density at radius 2 is 2.00 bits per heavy atom. The predicted molar refractivity (Wildman–Crippen MR) is 91.5 cm³/mol. The molecule has 1 saturated heterocycles. The van der Waals surface area contributed by atoms with Crippen LogP contribution in [-0.4, -0.2) is 45.7 Å². The number of nitrogens with zero attached hydrogens (tertiary/aromatic N) is 3. The lowest BCUT2D eigenvalue weighted by Gasteiger charge is -2.31. The summed E-state index contributed by atoms with van der Waals surface area (Å²) in [4.78, 5) is 32.7. The van der Waals surface area contributed by atoms with Crippen molar-refractivity contribution in [2.45, 2.75) is 38.8 Å². The molecule has 2 amide bonds. The number of likely N-dealkylation sites (tertiary alicyclic amines) is 1. The summed E-state index contributed by atoms with van der Waals surface area (Å²) in [6.07, 6.45) is 2.29. The van der Waals surface area contributed by atoms with E-state index in [4.69, 9.17) is 4.42 Å². The van der Waals surface area contributed by atoms with E-state index in [1.807, 2.05) is 35.2 Å². The summed E-state index contributed by atoms with van der Waals surface area (Å²) in [7, 11) is 0. The topological polar surface area (TPSA) is 66.7 Å². The van der Waals surface area contributed by atoms with E-state index >= 15 is 0 Å². The molecule has 1 fully saturated rings. The fraction of sp³-hybridized carbons (Fsp3) is 0.421. The molecule has 2 aliphatic heterocycles. The molecule has 1 aromatic carbocycles. The van der Waals surface area contributed by atoms with Gasteiger partial charge in [0.2, 0.25) is 17.7 Å². The third-order valence-corrected chi connectivity index (χ3v) is 5.00. The first-order valence-electron chi connectivity index (χ1n) is 8.73. The van der Waals surface area contributed by atoms with Gasteiger partial charge < -0.3 is 14.2 Å². The van der Waals surface area contributed by atoms with Crippen molar-refractivity contribution < 1.29 is 14.0 Å². The molecule has 6 nitrogen and oxygen atoms in total. The normalized spacial score (nSPS) is 19.8. The SMILES string of the molecule is CC(=O)N1CCC[C@H]1C(=O)N1CCc2oc(-c3ccccc3)nc2C1. The zero-order chi connectivity index (χ0) is 17.4. The average molecular weight is 339 g/mol. The van der Waals surface area contributed by atoms with E-state index in [9.17, 15) is 9.59 Å². The van der Waals surface area contributed by atoms with E-state index in [-0.39, 0.29) is 17.9 Å². The first kappa shape index (κ1) is 15.9. The molecule has 0 aliphatic carbocycles. The van der Waals surface area contributed by atoms with Gasteiger partial charge in [0.1, 0.15) is 17.5 Å². The maximum atomic E-state index is 12.9. The molecule has 25 heavy (non-hydrogen) atoms. The van der Waals surface area contributed by atoms with Crippen molar-refractivity contribution in [2.24, 2.45) is 0 Å². The Kier molecular flexibility index (Phi) is 4.03. The van der Waals surface area contributed by atoms with Gasteiger partial charge in [-0.15, -0.1) is 0 Å². The third-order valence-electron chi connectivity index (χ3n) is 5.00. The van der Waals surface area contributed by atoms with E-state index in [2.05, 4.69) is 4.98 Å². The standard InChI is InChI=1S/C19H21N3O3/c1-13(23)22-10-5-8-16(22)19(24)21-11-9-17-15(12-21)20-18(25-17)14-6-3-2-4-7-14/h2-4,6-7,16H,5,8-12H2,1H3/t16-/m0/s1. The van der Waals surface area contributed by atoms with Gasteiger partial charge in [0.25, 0.3) is 0 Å². The van der Waals surface area contributed by atoms with Crippen molar-refractivity contribution in [2.75, 3.05) is 13.1 Å². The van der Waals surface area contributed by atoms with E-state index in [1.54, 1.807) is 4.90 Å². The van der Waals surface area contributed by atoms with Crippen LogP contribution in [0.15, 0.2) is 34.7 Å². The zero-order valence-corrected chi connectivity index (χ0v) is 14.3. The smallest absolute Gasteiger partial charge is 0.245 e. The fourth-order valence-electron chi connectivity index (χ4n) is 3.70. The van der Waals surface area contributed by atoms with Crippen LogP contribution in [0.25, 0.3) is 11.5 Å². The van der Waals surface area contributed by atoms with Gasteiger partial charge in [-0.05, 0) is 25.0 Å². The van der Waals surface area contributed by atoms with Crippen LogP contribution in [0.1, 0.15) is 31.2 Å². The number of carbonyl (C=O) groups excluding carboxylic acids is 2. The number of aromatic nitrogens is 1. The molecule has 0 bridgehead atoms. The van der Waals surface area contributed by atoms with Crippen LogP contribution >= 0.6 is 0 Å². The largest absolute Gasteiger partial charge is 0.441 e. The van der Waals surface area contributed by atoms with Crippen molar-refractivity contribution in [1.29, 1.82) is 0 Å². The minimum absolute atomic E-state index is 0.0265. The van der Waals surface area contributed by atoms with Crippen molar-refractivity contribution in [3.63, 3.8) is 0 Å². The van der Waals surface area contributed by atoms with Crippen LogP contribution in [0.4, 0.5) is 0 Å². The molecule has 0 radical (unpaired) electrons. The van der Waals surface area contributed by atoms with E-state index in [0.717, 1.165) is 29.9 Å². The summed E-state index contributed by atoms with van der Waals surface area (Å²) in [5.74, 6) is 1.47. The molecule has 6 heteroatoms. The number of fused-ring (bicyclic) bond motifs is 1. The molecule has 0 N–H and O–H groups in total. The second-order valence-electron chi connectivity index (χ2n) is 6.64. The van der Waals surface area contributed by atoms with Gasteiger partial charge in [-0.3, -0.25) is 9.59 Å². The Labute approximate surface area is 146 Å². The number of carbonyl (C=O) groups is 2. The lowest BCUT2D eigenvalue weighted by molar-refractivity contribution is -0.143. The van der Waals surface area contributed by atoms with Gasteiger partial charge in [0, 0.05) is 32.0 Å². The van der Waals surface area contributed by atoms with Crippen molar-refractivity contribution in [3.05, 3.63) is 41.8 Å². The Bertz CT molecular complexity index is 800. The van der Waals surface area contributed by atoms with Gasteiger partial charge in [0.15, 0.2) is 0 Å². The van der Waals surface area contributed by atoms with Crippen LogP contribution < -0.4 is 0 Å². The van der Waals surface area contributed by atoms with Crippen LogP contribution in [-0.2, 0) is 22.6 Å². The molecule has 2 aromatic rings. The van der Waals surface area contributed by atoms with Crippen molar-refractivity contribution in [3.8, 4) is 11.5 Å². The summed E-state index contributed by atoms with van der Waals surface area (Å²) >= 11 is 0. The van der Waals surface area contributed by atoms with E-state index in [0.29, 0.717) is 31.9 Å². The third kappa shape index (κ3) is 2.92. The van der Waals surface area contributed by atoms with Crippen LogP contribution in [0.2, 0.25) is 0 Å². The van der Waals surface area contributed by atoms with Crippen molar-refractivity contribution in [1.82, 2.24) is 14.8 Å². The van der Waals surface area contributed by atoms with Crippen LogP contribution in [0.3, 0.4) is 0 Å². The summed E-state index contributed by atoms with van der Waals surface area (Å²) in [6, 6.07) is 9.46. The second kappa shape index (κ2) is 6.35. The highest BCUT2D eigenvalue weighted by molar-refractivity contribution is 5.87. The number of benzene rings is 1. The first-order chi connectivity index (χ1) is 12.1. The molecule has 0 saturated carbocycles. The number of rotatable bonds is 2. The number of hydrogen-bond donors (Lipinski definition) is 0. The van der Waals surface area contributed by atoms with Crippen molar-refractivity contribution >= 4 is 11.8 Å². The van der Waals surface area contributed by atoms with E-state index in [1.165, 1.54) is 6.92 Å². The Balaban J connectivity index is 1.52. The highest BCUT2D eigenvalue weighted by Crippen LogP contribution is 2.28. The molecule has 2 aliphatic rings. The van der Waals surface area contributed by atoms with E-state index < -0.39 is 0 Å². The molecule has 3 heterocycles. The minimum Gasteiger partial charge on any atom is -0.441 e. The first-order valence-corrected chi connectivity index (χ1v) is 8.73. The Morgan fingerprint density at radius 3 is 2.76 bits per heavy atom. The van der Waals surface area contributed by atoms with Gasteiger partial charge in [-0.25, -0.2) is 4.98 Å². The summed E-state index contributed by atoms with van der Waals surface area (Å²) in [5.41, 5.74) is 1.76. The van der Waals surface area contributed by atoms with Gasteiger partial charge in [-0.2, -0.15) is 0 Å². The highest BCUT2D eigenvalue weighted by atomic mass is 16.4. The monoisotopic (exact) mass is 339 g/mol. The Morgan fingerprint density at radius 1 is 1.20 bits per heavy atom. The number of oxazole rings is 1. The molecule has 130 valence electrons. The molecular weight excluding hydrogens is 318 g/mol. The van der Waals surface area contributed by atoms with Crippen LogP contribution in [0, 0.1) is 0 Å². The molecular formula is C19H21N3O3. The molecule has 4 rings (SSSR count). The maximum absolute atomic E-state index is 12.9. The molecule has 1 aromatic heterocycles. The minimum atomic E-state index is -0.320. The zero-order valence-electron chi connectivity index (χ0n) is 14.3. The Hall–Kier alpha value is -2.63. The number of hydrogen-bond acceptors (Lipinski definition) is 4. The number of amides is 2. The maximum Gasteiger partial charge on any atom is 0.245 e. The second-order valence-corrected chi connectivity index (χ2v) is 6.64. The quantitative estimate of drug-likeness (QED) is 0.841. The predicted octanol–water partition coefficient (Wildman–Crippen LogP) is 2.24. The highest BCUT2D eigenvalue weighted by Gasteiger charge is 2.37. The summed E-state index contributed by atoms with van der Waals surface area (Å²) < 4.78 is 5.89. The van der Waals surface area contributed by atoms with Crippen LogP contribution in [0.5, 0.6) is 0 Å². The summed E-state index contributed by atoms with van der Waals surface area (Å²) in [5, 5.41) is 0. The summed E-state index contributed by atoms with van der Waals surface area (Å²) in [6.45, 7) is 3.26. The lowest BCUT2D eigenvalue weighted by atomic mass is 10.1. The fourth-order valence-corrected chi connectivity index (χ4v) is 3.70. The average Bonchev–Trinajstić information content (AvgIpc) is 3.28. The molecule has 0 spiro atoms. The lowest BCUT2D eigenvalue weighted by Crippen LogP contribution is -2.48. The van der Waals surface area contributed by atoms with Gasteiger partial charge >= 0.3 is 0 Å². The molecule has 1 atom stereocenters.